The van der Waals surface area contributed by atoms with E-state index >= 15 is 0 Å². The van der Waals surface area contributed by atoms with E-state index in [4.69, 9.17) is 14.2 Å². The number of rotatable bonds is 33. The number of unbranched alkanes of at least 4 members (excludes halogenated alkanes) is 2. The molecule has 0 saturated carbocycles. The largest absolute Gasteiger partial charge is 0.450 e. The van der Waals surface area contributed by atoms with Crippen LogP contribution in [0.4, 0.5) is 10.5 Å². The van der Waals surface area contributed by atoms with Crippen molar-refractivity contribution in [1.29, 1.82) is 0 Å². The number of anilines is 1. The number of aryl methyl sites for hydroxylation is 1. The molecule has 2 aliphatic heterocycles. The Morgan fingerprint density at radius 2 is 1.46 bits per heavy atom. The maximum absolute atomic E-state index is 14.4. The van der Waals surface area contributed by atoms with Crippen molar-refractivity contribution in [2.24, 2.45) is 35.5 Å². The number of Topliss-reactive ketones (excluding diaryl/α,β-unsaturated/α-hetero) is 3. The highest BCUT2D eigenvalue weighted by atomic mass is 32.2. The van der Waals surface area contributed by atoms with Gasteiger partial charge in [0.25, 0.3) is 0 Å². The molecule has 81 heavy (non-hydrogen) atoms. The topological polar surface area (TPSA) is 209 Å². The van der Waals surface area contributed by atoms with E-state index in [0.717, 1.165) is 43.4 Å². The van der Waals surface area contributed by atoms with E-state index in [-0.39, 0.29) is 102 Å². The second-order valence-corrected chi connectivity index (χ2v) is 24.0. The maximum Gasteiger partial charge on any atom is 0.410 e. The first-order valence-corrected chi connectivity index (χ1v) is 30.7. The van der Waals surface area contributed by atoms with Crippen LogP contribution in [0.1, 0.15) is 150 Å². The first kappa shape index (κ1) is 70.1. The number of nitrogens with zero attached hydrogens (tertiary/aromatic N) is 4. The Bertz CT molecular complexity index is 2320. The van der Waals surface area contributed by atoms with Gasteiger partial charge in [0.1, 0.15) is 5.78 Å². The molecular weight excluding hydrogens is 1050 g/mol. The second kappa shape index (κ2) is 35.1. The zero-order valence-electron chi connectivity index (χ0n) is 51.4. The summed E-state index contributed by atoms with van der Waals surface area (Å²) < 4.78 is 17.2. The van der Waals surface area contributed by atoms with Crippen molar-refractivity contribution in [2.75, 3.05) is 66.1 Å². The summed E-state index contributed by atoms with van der Waals surface area (Å²) in [7, 11) is 6.40. The summed E-state index contributed by atoms with van der Waals surface area (Å²) in [6.07, 6.45) is 4.86. The lowest BCUT2D eigenvalue weighted by atomic mass is 9.83. The van der Waals surface area contributed by atoms with Gasteiger partial charge in [0.05, 0.1) is 61.3 Å². The number of likely N-dealkylation sites (tertiary alicyclic amines) is 2. The molecule has 0 aromatic heterocycles. The lowest BCUT2D eigenvalue weighted by Gasteiger charge is -2.41. The number of ketones is 3. The predicted octanol–water partition coefficient (Wildman–Crippen LogP) is 9.61. The van der Waals surface area contributed by atoms with Gasteiger partial charge in [-0.3, -0.25) is 38.5 Å². The number of carbonyl (C=O) groups is 8. The van der Waals surface area contributed by atoms with Gasteiger partial charge in [-0.2, -0.15) is 11.8 Å². The molecule has 2 heterocycles. The quantitative estimate of drug-likeness (QED) is 0.0504. The van der Waals surface area contributed by atoms with Gasteiger partial charge >= 0.3 is 6.09 Å². The zero-order valence-corrected chi connectivity index (χ0v) is 52.3. The lowest BCUT2D eigenvalue weighted by Crippen LogP contribution is -2.54. The molecule has 0 spiro atoms. The number of aliphatic hydroxyl groups excluding tert-OH is 1. The van der Waals surface area contributed by atoms with Gasteiger partial charge < -0.3 is 39.3 Å². The Kier molecular flexibility index (Phi) is 30.4. The van der Waals surface area contributed by atoms with Crippen LogP contribution in [0.15, 0.2) is 54.6 Å². The highest BCUT2D eigenvalue weighted by Crippen LogP contribution is 2.33. The van der Waals surface area contributed by atoms with Gasteiger partial charge in [-0.15, -0.1) is 0 Å². The number of thioether (sulfide) groups is 1. The summed E-state index contributed by atoms with van der Waals surface area (Å²) in [5, 5.41) is 13.8. The van der Waals surface area contributed by atoms with Crippen molar-refractivity contribution in [2.45, 2.75) is 182 Å². The number of nitrogens with one attached hydrogen (secondary N) is 1. The summed E-state index contributed by atoms with van der Waals surface area (Å²) >= 11 is 1.44. The van der Waals surface area contributed by atoms with Crippen LogP contribution in [-0.4, -0.2) is 168 Å². The average Bonchev–Trinajstić information content (AvgIpc) is 4.11. The Morgan fingerprint density at radius 3 is 2.01 bits per heavy atom. The van der Waals surface area contributed by atoms with E-state index < -0.39 is 48.3 Å². The summed E-state index contributed by atoms with van der Waals surface area (Å²) in [5.41, 5.74) is 2.91. The molecule has 0 bridgehead atoms. The van der Waals surface area contributed by atoms with Crippen LogP contribution in [0.2, 0.25) is 0 Å². The lowest BCUT2D eigenvalue weighted by molar-refractivity contribution is -0.149. The average molecular weight is 1150 g/mol. The van der Waals surface area contributed by atoms with E-state index in [2.05, 4.69) is 5.32 Å². The number of carbonyl (C=O) groups excluding carboxylic acids is 8. The van der Waals surface area contributed by atoms with Crippen molar-refractivity contribution >= 4 is 64.5 Å². The van der Waals surface area contributed by atoms with Crippen LogP contribution in [0.5, 0.6) is 0 Å². The van der Waals surface area contributed by atoms with E-state index in [1.54, 1.807) is 40.1 Å². The minimum absolute atomic E-state index is 0.0176. The third-order valence-electron chi connectivity index (χ3n) is 16.4. The molecule has 2 aliphatic rings. The fraction of sp³-hybridized carbons (Fsp3) is 0.683. The van der Waals surface area contributed by atoms with E-state index in [9.17, 15) is 43.5 Å². The summed E-state index contributed by atoms with van der Waals surface area (Å²) in [6, 6.07) is 15.7. The smallest absolute Gasteiger partial charge is 0.410 e. The molecule has 2 N–H and O–H groups in total. The van der Waals surface area contributed by atoms with Crippen LogP contribution < -0.4 is 5.32 Å². The van der Waals surface area contributed by atoms with Crippen molar-refractivity contribution in [3.05, 3.63) is 65.7 Å². The minimum Gasteiger partial charge on any atom is -0.450 e. The molecule has 0 radical (unpaired) electrons. The van der Waals surface area contributed by atoms with Crippen LogP contribution in [0, 0.1) is 42.4 Å². The molecule has 0 aliphatic carbocycles. The standard InChI is InChI=1S/C44H73N3O9.C19H26N2O3S/c1-14-29(7)40(45(10)43(52)33(27(3)4)25-36(49)39(28(5)6)46(11)44(53)56-15-2)37(54-12)26-38(50)47-23-19-22-34(47)42(55-13)31(9)35(48)24-30(8)41(51)32-20-17-16-18-21-32;1-14-7-9-15(10-8-14)20-13-16(22)6-4-3-5-11-21-18(23)12-17(25-2)19(21)24/h16-18,20-21,27-31,33-34,37,39-42,51H,14-15,19,22-26H2,1-13H3;7-10,17,20H,3-6,11-13H2,1-2H3/t29-,30-,31-,33-,34-,37+,39-,40-,41+,42+;/m0./s1. The number of methoxy groups -OCH3 is 2. The third kappa shape index (κ3) is 20.6. The highest BCUT2D eigenvalue weighted by Gasteiger charge is 2.44. The molecule has 5 amide bonds. The molecular formula is C63H99N5O12S. The van der Waals surface area contributed by atoms with E-state index in [1.165, 1.54) is 27.1 Å². The van der Waals surface area contributed by atoms with Crippen LogP contribution in [0.25, 0.3) is 0 Å². The molecule has 2 saturated heterocycles. The van der Waals surface area contributed by atoms with Crippen LogP contribution in [-0.2, 0) is 47.8 Å². The Balaban J connectivity index is 0.000000569. The Morgan fingerprint density at radius 1 is 0.802 bits per heavy atom. The van der Waals surface area contributed by atoms with Crippen molar-refractivity contribution in [3.63, 3.8) is 0 Å². The fourth-order valence-corrected chi connectivity index (χ4v) is 12.0. The summed E-state index contributed by atoms with van der Waals surface area (Å²) in [5.74, 6) is -2.45. The third-order valence-corrected chi connectivity index (χ3v) is 17.3. The number of hydrogen-bond acceptors (Lipinski definition) is 14. The first-order chi connectivity index (χ1) is 38.4. The molecule has 2 aromatic rings. The molecule has 4 rings (SSSR count). The number of aliphatic hydroxyl groups is 1. The first-order valence-electron chi connectivity index (χ1n) is 29.4. The van der Waals surface area contributed by atoms with Crippen molar-refractivity contribution in [3.8, 4) is 0 Å². The van der Waals surface area contributed by atoms with Crippen molar-refractivity contribution < 1.29 is 57.7 Å². The molecule has 18 heteroatoms. The monoisotopic (exact) mass is 1150 g/mol. The molecule has 454 valence electrons. The second-order valence-electron chi connectivity index (χ2n) is 23.0. The van der Waals surface area contributed by atoms with E-state index in [1.807, 2.05) is 128 Å². The highest BCUT2D eigenvalue weighted by molar-refractivity contribution is 8.00. The Hall–Kier alpha value is -5.17. The molecule has 1 unspecified atom stereocenters. The summed E-state index contributed by atoms with van der Waals surface area (Å²) in [4.78, 5) is 111. The van der Waals surface area contributed by atoms with Gasteiger partial charge in [-0.1, -0.05) is 116 Å². The number of amides is 5. The fourth-order valence-electron chi connectivity index (χ4n) is 11.3. The van der Waals surface area contributed by atoms with Crippen LogP contribution >= 0.6 is 11.8 Å². The van der Waals surface area contributed by atoms with Gasteiger partial charge in [0.15, 0.2) is 11.6 Å². The number of benzene rings is 2. The van der Waals surface area contributed by atoms with Gasteiger partial charge in [-0.05, 0) is 87.2 Å². The summed E-state index contributed by atoms with van der Waals surface area (Å²) in [6.45, 7) is 20.6. The molecule has 2 fully saturated rings. The Labute approximate surface area is 488 Å². The predicted molar refractivity (Wildman–Crippen MR) is 319 cm³/mol. The maximum atomic E-state index is 14.4. The van der Waals surface area contributed by atoms with E-state index in [0.29, 0.717) is 38.9 Å². The molecule has 11 atom stereocenters. The molecule has 17 nitrogen and oxygen atoms in total. The number of likely N-dealkylation sites (N-methyl/N-ethyl adjacent to an activating group) is 2. The van der Waals surface area contributed by atoms with Gasteiger partial charge in [0, 0.05) is 84.6 Å². The number of hydrogen-bond donors (Lipinski definition) is 2. The molecule has 2 aromatic carbocycles. The number of imide groups is 1. The van der Waals surface area contributed by atoms with Gasteiger partial charge in [0.2, 0.25) is 23.6 Å². The van der Waals surface area contributed by atoms with Crippen molar-refractivity contribution in [1.82, 2.24) is 19.6 Å². The normalized spacial score (nSPS) is 18.7. The van der Waals surface area contributed by atoms with Gasteiger partial charge in [-0.25, -0.2) is 4.79 Å². The minimum atomic E-state index is -0.779. The van der Waals surface area contributed by atoms with Crippen LogP contribution in [0.3, 0.4) is 0 Å². The zero-order chi connectivity index (χ0) is 60.7. The SMILES string of the molecule is CCOC(=O)N(C)[C@H](C(=O)C[C@H](C(=O)N(C)[C@@H]([C@@H](C)CC)[C@@H](CC(=O)N1CCC[C@H]1[C@H](OC)[C@@H](C)C(=O)C[C@H](C)[C@@H](O)c1ccccc1)OC)C(C)C)C(C)C.CSC1CC(=O)N(CCCCCC(=O)CNc2ccc(C)cc2)C1=O. The number of ether oxygens (including phenoxy) is 3.